The summed E-state index contributed by atoms with van der Waals surface area (Å²) in [5, 5.41) is 6.62. The van der Waals surface area contributed by atoms with Crippen LogP contribution in [-0.4, -0.2) is 39.8 Å². The maximum absolute atomic E-state index is 12.6. The highest BCUT2D eigenvalue weighted by molar-refractivity contribution is 6.09. The van der Waals surface area contributed by atoms with Crippen LogP contribution in [0.1, 0.15) is 23.0 Å². The number of amides is 1. The molecular formula is C18H17N5O3. The van der Waals surface area contributed by atoms with Gasteiger partial charge < -0.3 is 9.47 Å². The van der Waals surface area contributed by atoms with E-state index in [4.69, 9.17) is 9.47 Å². The van der Waals surface area contributed by atoms with E-state index in [1.54, 1.807) is 36.7 Å². The number of ether oxygens (including phenoxy) is 2. The zero-order valence-corrected chi connectivity index (χ0v) is 14.4. The minimum atomic E-state index is -0.0807. The Kier molecular flexibility index (Phi) is 4.00. The first-order chi connectivity index (χ1) is 12.7. The number of anilines is 1. The van der Waals surface area contributed by atoms with Crippen molar-refractivity contribution in [1.29, 1.82) is 0 Å². The first-order valence-corrected chi connectivity index (χ1v) is 8.19. The number of methoxy groups -OCH3 is 1. The minimum Gasteiger partial charge on any atom is -0.491 e. The third-order valence-corrected chi connectivity index (χ3v) is 4.17. The molecule has 0 aromatic carbocycles. The molecule has 1 N–H and O–H groups in total. The van der Waals surface area contributed by atoms with Crippen LogP contribution in [0.2, 0.25) is 0 Å². The number of aromatic nitrogens is 4. The van der Waals surface area contributed by atoms with E-state index in [9.17, 15) is 4.79 Å². The van der Waals surface area contributed by atoms with Gasteiger partial charge in [-0.05, 0) is 25.1 Å². The summed E-state index contributed by atoms with van der Waals surface area (Å²) in [4.78, 5) is 23.2. The van der Waals surface area contributed by atoms with Crippen molar-refractivity contribution in [2.45, 2.75) is 13.5 Å². The van der Waals surface area contributed by atoms with Crippen LogP contribution >= 0.6 is 0 Å². The van der Waals surface area contributed by atoms with Crippen molar-refractivity contribution < 1.29 is 14.3 Å². The molecular weight excluding hydrogens is 334 g/mol. The number of carbonyl (C=O) groups is 1. The van der Waals surface area contributed by atoms with Gasteiger partial charge in [0.25, 0.3) is 11.8 Å². The number of nitrogens with zero attached hydrogens (tertiary/aromatic N) is 4. The lowest BCUT2D eigenvalue weighted by molar-refractivity contribution is 0.0996. The van der Waals surface area contributed by atoms with Crippen molar-refractivity contribution in [1.82, 2.24) is 20.2 Å². The summed E-state index contributed by atoms with van der Waals surface area (Å²) in [6.07, 6.45) is 4.99. The van der Waals surface area contributed by atoms with Gasteiger partial charge in [-0.15, -0.1) is 0 Å². The number of hydrogen-bond donors (Lipinski definition) is 1. The highest BCUT2D eigenvalue weighted by atomic mass is 16.5. The molecule has 0 atom stereocenters. The molecule has 1 aliphatic rings. The summed E-state index contributed by atoms with van der Waals surface area (Å²) in [7, 11) is 1.57. The van der Waals surface area contributed by atoms with Crippen molar-refractivity contribution in [3.63, 3.8) is 0 Å². The predicted molar refractivity (Wildman–Crippen MR) is 94.3 cm³/mol. The van der Waals surface area contributed by atoms with Gasteiger partial charge in [0, 0.05) is 18.0 Å². The van der Waals surface area contributed by atoms with E-state index < -0.39 is 0 Å². The van der Waals surface area contributed by atoms with Gasteiger partial charge >= 0.3 is 0 Å². The summed E-state index contributed by atoms with van der Waals surface area (Å²) in [6, 6.07) is 5.44. The molecule has 0 spiro atoms. The predicted octanol–water partition coefficient (Wildman–Crippen LogP) is 2.43. The van der Waals surface area contributed by atoms with Gasteiger partial charge in [-0.2, -0.15) is 5.10 Å². The van der Waals surface area contributed by atoms with E-state index in [0.717, 1.165) is 22.6 Å². The molecule has 26 heavy (non-hydrogen) atoms. The highest BCUT2D eigenvalue weighted by Crippen LogP contribution is 2.32. The molecule has 1 aliphatic heterocycles. The molecule has 8 nitrogen and oxygen atoms in total. The lowest BCUT2D eigenvalue weighted by atomic mass is 10.1. The van der Waals surface area contributed by atoms with Gasteiger partial charge in [-0.25, -0.2) is 4.98 Å². The van der Waals surface area contributed by atoms with Crippen LogP contribution in [0, 0.1) is 0 Å². The second-order valence-corrected chi connectivity index (χ2v) is 5.70. The molecule has 0 unspecified atom stereocenters. The summed E-state index contributed by atoms with van der Waals surface area (Å²) in [6.45, 7) is 2.80. The normalized spacial score (nSPS) is 13.0. The third-order valence-electron chi connectivity index (χ3n) is 4.17. The van der Waals surface area contributed by atoms with E-state index in [1.807, 2.05) is 19.1 Å². The quantitative estimate of drug-likeness (QED) is 0.759. The zero-order chi connectivity index (χ0) is 18.1. The lowest BCUT2D eigenvalue weighted by Crippen LogP contribution is -2.22. The fourth-order valence-electron chi connectivity index (χ4n) is 2.91. The average Bonchev–Trinajstić information content (AvgIpc) is 3.30. The van der Waals surface area contributed by atoms with Crippen molar-refractivity contribution >= 4 is 11.6 Å². The Bertz CT molecular complexity index is 955. The molecule has 0 bridgehead atoms. The standard InChI is InChI=1S/C18H17N5O3/c1-3-26-17-16(25-2)6-11(7-19-17)14-5-4-13-15(22-14)10-23(18(13)24)12-8-20-21-9-12/h4-9H,3,10H2,1-2H3,(H,20,21). The van der Waals surface area contributed by atoms with E-state index >= 15 is 0 Å². The van der Waals surface area contributed by atoms with E-state index in [-0.39, 0.29) is 5.91 Å². The Morgan fingerprint density at radius 3 is 2.92 bits per heavy atom. The molecule has 4 rings (SSSR count). The highest BCUT2D eigenvalue weighted by Gasteiger charge is 2.30. The number of pyridine rings is 2. The van der Waals surface area contributed by atoms with Crippen LogP contribution in [0.25, 0.3) is 11.3 Å². The first kappa shape index (κ1) is 16.1. The van der Waals surface area contributed by atoms with Crippen LogP contribution in [0.4, 0.5) is 5.69 Å². The van der Waals surface area contributed by atoms with Gasteiger partial charge in [0.05, 0.1) is 49.1 Å². The van der Waals surface area contributed by atoms with Crippen LogP contribution in [0.5, 0.6) is 11.6 Å². The Hall–Kier alpha value is -3.42. The third kappa shape index (κ3) is 2.65. The monoisotopic (exact) mass is 351 g/mol. The Morgan fingerprint density at radius 2 is 2.19 bits per heavy atom. The molecule has 1 amide bonds. The van der Waals surface area contributed by atoms with Crippen LogP contribution < -0.4 is 14.4 Å². The Morgan fingerprint density at radius 1 is 1.31 bits per heavy atom. The van der Waals surface area contributed by atoms with Gasteiger partial charge in [0.1, 0.15) is 0 Å². The van der Waals surface area contributed by atoms with Crippen molar-refractivity contribution in [3.05, 3.63) is 48.0 Å². The fraction of sp³-hybridized carbons (Fsp3) is 0.222. The number of fused-ring (bicyclic) bond motifs is 1. The summed E-state index contributed by atoms with van der Waals surface area (Å²) in [5.74, 6) is 0.909. The number of rotatable bonds is 5. The van der Waals surface area contributed by atoms with Crippen molar-refractivity contribution in [3.8, 4) is 22.9 Å². The summed E-state index contributed by atoms with van der Waals surface area (Å²) in [5.41, 5.74) is 3.56. The van der Waals surface area contributed by atoms with E-state index in [0.29, 0.717) is 30.3 Å². The maximum atomic E-state index is 12.6. The van der Waals surface area contributed by atoms with E-state index in [2.05, 4.69) is 20.2 Å². The Labute approximate surface area is 149 Å². The summed E-state index contributed by atoms with van der Waals surface area (Å²) >= 11 is 0. The molecule has 132 valence electrons. The smallest absolute Gasteiger partial charge is 0.260 e. The zero-order valence-electron chi connectivity index (χ0n) is 14.4. The Balaban J connectivity index is 1.67. The second kappa shape index (κ2) is 6.47. The number of carbonyl (C=O) groups excluding carboxylic acids is 1. The van der Waals surface area contributed by atoms with Gasteiger partial charge in [0.2, 0.25) is 0 Å². The average molecular weight is 351 g/mol. The molecule has 0 saturated heterocycles. The van der Waals surface area contributed by atoms with Gasteiger partial charge in [-0.3, -0.25) is 19.8 Å². The fourth-order valence-corrected chi connectivity index (χ4v) is 2.91. The van der Waals surface area contributed by atoms with Crippen LogP contribution in [-0.2, 0) is 6.54 Å². The van der Waals surface area contributed by atoms with Crippen LogP contribution in [0.3, 0.4) is 0 Å². The lowest BCUT2D eigenvalue weighted by Gasteiger charge is -2.11. The molecule has 0 fully saturated rings. The van der Waals surface area contributed by atoms with Crippen molar-refractivity contribution in [2.24, 2.45) is 0 Å². The molecule has 4 heterocycles. The van der Waals surface area contributed by atoms with E-state index in [1.165, 1.54) is 0 Å². The number of nitrogens with one attached hydrogen (secondary N) is 1. The van der Waals surface area contributed by atoms with Crippen LogP contribution in [0.15, 0.2) is 36.8 Å². The van der Waals surface area contributed by atoms with Gasteiger partial charge in [-0.1, -0.05) is 0 Å². The SMILES string of the molecule is CCOc1ncc(-c2ccc3c(n2)CN(c2cn[nH]c2)C3=O)cc1OC. The number of aromatic amines is 1. The second-order valence-electron chi connectivity index (χ2n) is 5.70. The molecule has 3 aromatic heterocycles. The topological polar surface area (TPSA) is 93.2 Å². The van der Waals surface area contributed by atoms with Crippen molar-refractivity contribution in [2.75, 3.05) is 18.6 Å². The maximum Gasteiger partial charge on any atom is 0.260 e. The molecule has 0 radical (unpaired) electrons. The molecule has 8 heteroatoms. The number of hydrogen-bond acceptors (Lipinski definition) is 6. The largest absolute Gasteiger partial charge is 0.491 e. The minimum absolute atomic E-state index is 0.0807. The van der Waals surface area contributed by atoms with Gasteiger partial charge in [0.15, 0.2) is 5.75 Å². The number of H-pyrrole nitrogens is 1. The first-order valence-electron chi connectivity index (χ1n) is 8.19. The molecule has 0 aliphatic carbocycles. The molecule has 3 aromatic rings. The molecule has 0 saturated carbocycles. The summed E-state index contributed by atoms with van der Waals surface area (Å²) < 4.78 is 10.8.